The molecule has 0 atom stereocenters. The Morgan fingerprint density at radius 2 is 2.00 bits per heavy atom. The Kier molecular flexibility index (Phi) is 5.46. The predicted molar refractivity (Wildman–Crippen MR) is 99.4 cm³/mol. The Morgan fingerprint density at radius 1 is 1.22 bits per heavy atom. The van der Waals surface area contributed by atoms with E-state index in [2.05, 4.69) is 5.32 Å². The zero-order chi connectivity index (χ0) is 19.6. The second-order valence-electron chi connectivity index (χ2n) is 6.20. The van der Waals surface area contributed by atoms with E-state index in [4.69, 9.17) is 9.47 Å². The molecule has 0 fully saturated rings. The summed E-state index contributed by atoms with van der Waals surface area (Å²) in [5.74, 6) is -2.08. The number of rotatable bonds is 5. The third kappa shape index (κ3) is 3.95. The number of nitrogens with one attached hydrogen (secondary N) is 1. The molecule has 7 nitrogen and oxygen atoms in total. The number of hydrogen-bond donors (Lipinski definition) is 2. The van der Waals surface area contributed by atoms with Gasteiger partial charge >= 0.3 is 11.9 Å². The molecule has 0 aliphatic heterocycles. The summed E-state index contributed by atoms with van der Waals surface area (Å²) in [6, 6.07) is 4.53. The molecule has 0 unspecified atom stereocenters. The van der Waals surface area contributed by atoms with Crippen LogP contribution in [0.15, 0.2) is 18.2 Å². The Balaban J connectivity index is 1.67. The van der Waals surface area contributed by atoms with Gasteiger partial charge < -0.3 is 19.9 Å². The number of amides is 1. The van der Waals surface area contributed by atoms with Gasteiger partial charge in [0.25, 0.3) is 5.91 Å². The molecule has 0 bridgehead atoms. The van der Waals surface area contributed by atoms with Gasteiger partial charge in [0, 0.05) is 4.88 Å². The predicted octanol–water partition coefficient (Wildman–Crippen LogP) is 2.83. The molecule has 2 N–H and O–H groups in total. The number of phenolic OH excluding ortho intramolecular Hbond substituents is 1. The molecule has 1 aromatic carbocycles. The van der Waals surface area contributed by atoms with Crippen LogP contribution in [0.5, 0.6) is 5.75 Å². The highest BCUT2D eigenvalue weighted by Crippen LogP contribution is 2.39. The van der Waals surface area contributed by atoms with Gasteiger partial charge in [-0.15, -0.1) is 11.3 Å². The molecule has 0 saturated heterocycles. The smallest absolute Gasteiger partial charge is 0.342 e. The molecular formula is C19H19NO6S. The number of carbonyl (C=O) groups excluding carboxylic acids is 3. The largest absolute Gasteiger partial charge is 0.507 e. The van der Waals surface area contributed by atoms with E-state index in [1.54, 1.807) is 13.0 Å². The standard InChI is InChI=1S/C19H19NO6S/c1-10-6-7-13(21)12(8-10)18(23)26-9-15(22)20-17-16(19(24)25-2)11-4-3-5-14(11)27-17/h6-8,21H,3-5,9H2,1-2H3,(H,20,22). The number of carbonyl (C=O) groups is 3. The molecule has 2 aromatic rings. The van der Waals surface area contributed by atoms with Crippen LogP contribution in [0.3, 0.4) is 0 Å². The highest BCUT2D eigenvalue weighted by molar-refractivity contribution is 7.17. The SMILES string of the molecule is COC(=O)c1c(NC(=O)COC(=O)c2cc(C)ccc2O)sc2c1CCC2. The van der Waals surface area contributed by atoms with Crippen LogP contribution in [0.4, 0.5) is 5.00 Å². The van der Waals surface area contributed by atoms with Crippen molar-refractivity contribution in [2.75, 3.05) is 19.0 Å². The van der Waals surface area contributed by atoms with Crippen LogP contribution in [0, 0.1) is 6.92 Å². The average Bonchev–Trinajstić information content (AvgIpc) is 3.21. The number of thiophene rings is 1. The van der Waals surface area contributed by atoms with Crippen molar-refractivity contribution in [1.29, 1.82) is 0 Å². The lowest BCUT2D eigenvalue weighted by Crippen LogP contribution is -2.21. The van der Waals surface area contributed by atoms with Gasteiger partial charge in [0.1, 0.15) is 16.3 Å². The van der Waals surface area contributed by atoms with Crippen LogP contribution in [0.1, 0.15) is 43.1 Å². The van der Waals surface area contributed by atoms with Crippen molar-refractivity contribution in [3.63, 3.8) is 0 Å². The molecule has 1 aliphatic rings. The number of aromatic hydroxyl groups is 1. The molecule has 1 heterocycles. The molecule has 142 valence electrons. The molecule has 1 aliphatic carbocycles. The number of methoxy groups -OCH3 is 1. The van der Waals surface area contributed by atoms with Crippen molar-refractivity contribution in [2.45, 2.75) is 26.2 Å². The van der Waals surface area contributed by atoms with Crippen LogP contribution >= 0.6 is 11.3 Å². The summed E-state index contributed by atoms with van der Waals surface area (Å²) in [5, 5.41) is 12.8. The summed E-state index contributed by atoms with van der Waals surface area (Å²) in [5.41, 5.74) is 2.07. The zero-order valence-corrected chi connectivity index (χ0v) is 15.8. The van der Waals surface area contributed by atoms with E-state index in [9.17, 15) is 19.5 Å². The number of phenols is 1. The number of benzene rings is 1. The van der Waals surface area contributed by atoms with Gasteiger partial charge in [-0.05, 0) is 43.9 Å². The first-order valence-corrected chi connectivity index (χ1v) is 9.21. The third-order valence-corrected chi connectivity index (χ3v) is 5.48. The van der Waals surface area contributed by atoms with Crippen molar-refractivity contribution < 1.29 is 29.0 Å². The summed E-state index contributed by atoms with van der Waals surface area (Å²) in [7, 11) is 1.29. The van der Waals surface area contributed by atoms with E-state index >= 15 is 0 Å². The van der Waals surface area contributed by atoms with Crippen molar-refractivity contribution in [2.24, 2.45) is 0 Å². The highest BCUT2D eigenvalue weighted by atomic mass is 32.1. The Labute approximate surface area is 159 Å². The van der Waals surface area contributed by atoms with Gasteiger partial charge in [-0.3, -0.25) is 4.79 Å². The summed E-state index contributed by atoms with van der Waals surface area (Å²) >= 11 is 1.34. The Morgan fingerprint density at radius 3 is 2.74 bits per heavy atom. The maximum Gasteiger partial charge on any atom is 0.342 e. The molecule has 0 saturated carbocycles. The lowest BCUT2D eigenvalue weighted by molar-refractivity contribution is -0.119. The van der Waals surface area contributed by atoms with E-state index < -0.39 is 24.5 Å². The molecule has 3 rings (SSSR count). The summed E-state index contributed by atoms with van der Waals surface area (Å²) < 4.78 is 9.81. The Bertz CT molecular complexity index is 917. The topological polar surface area (TPSA) is 102 Å². The minimum absolute atomic E-state index is 0.00634. The number of aryl methyl sites for hydroxylation is 2. The van der Waals surface area contributed by atoms with E-state index in [1.165, 1.54) is 30.6 Å². The van der Waals surface area contributed by atoms with Gasteiger partial charge in [0.2, 0.25) is 0 Å². The van der Waals surface area contributed by atoms with Crippen LogP contribution in [0.25, 0.3) is 0 Å². The second-order valence-corrected chi connectivity index (χ2v) is 7.30. The first-order valence-electron chi connectivity index (χ1n) is 8.40. The first kappa shape index (κ1) is 18.9. The second kappa shape index (κ2) is 7.79. The monoisotopic (exact) mass is 389 g/mol. The first-order chi connectivity index (χ1) is 12.9. The van der Waals surface area contributed by atoms with Crippen LogP contribution in [-0.4, -0.2) is 36.7 Å². The molecule has 1 aromatic heterocycles. The van der Waals surface area contributed by atoms with Gasteiger partial charge in [-0.2, -0.15) is 0 Å². The van der Waals surface area contributed by atoms with Crippen molar-refractivity contribution in [3.05, 3.63) is 45.3 Å². The van der Waals surface area contributed by atoms with Crippen molar-refractivity contribution >= 4 is 34.2 Å². The number of hydrogen-bond acceptors (Lipinski definition) is 7. The third-order valence-electron chi connectivity index (χ3n) is 4.27. The molecular weight excluding hydrogens is 370 g/mol. The lowest BCUT2D eigenvalue weighted by atomic mass is 10.1. The summed E-state index contributed by atoms with van der Waals surface area (Å²) in [4.78, 5) is 37.4. The highest BCUT2D eigenvalue weighted by Gasteiger charge is 2.28. The fourth-order valence-corrected chi connectivity index (χ4v) is 4.29. The average molecular weight is 389 g/mol. The van der Waals surface area contributed by atoms with Crippen LogP contribution in [-0.2, 0) is 27.1 Å². The van der Waals surface area contributed by atoms with E-state index in [-0.39, 0.29) is 11.3 Å². The minimum Gasteiger partial charge on any atom is -0.507 e. The number of fused-ring (bicyclic) bond motifs is 1. The van der Waals surface area contributed by atoms with E-state index in [0.717, 1.165) is 35.3 Å². The lowest BCUT2D eigenvalue weighted by Gasteiger charge is -2.09. The number of ether oxygens (including phenoxy) is 2. The van der Waals surface area contributed by atoms with Gasteiger partial charge in [0.05, 0.1) is 12.7 Å². The van der Waals surface area contributed by atoms with Gasteiger partial charge in [-0.1, -0.05) is 11.6 Å². The summed E-state index contributed by atoms with van der Waals surface area (Å²) in [6.45, 7) is 1.24. The normalized spacial score (nSPS) is 12.4. The minimum atomic E-state index is -0.798. The molecule has 1 amide bonds. The van der Waals surface area contributed by atoms with Crippen molar-refractivity contribution in [3.8, 4) is 5.75 Å². The van der Waals surface area contributed by atoms with Crippen LogP contribution in [0.2, 0.25) is 0 Å². The fraction of sp³-hybridized carbons (Fsp3) is 0.316. The van der Waals surface area contributed by atoms with Crippen LogP contribution < -0.4 is 5.32 Å². The molecule has 27 heavy (non-hydrogen) atoms. The number of esters is 2. The molecule has 8 heteroatoms. The van der Waals surface area contributed by atoms with Gasteiger partial charge in [-0.25, -0.2) is 9.59 Å². The maximum atomic E-state index is 12.2. The fourth-order valence-electron chi connectivity index (χ4n) is 3.00. The molecule has 0 radical (unpaired) electrons. The summed E-state index contributed by atoms with van der Waals surface area (Å²) in [6.07, 6.45) is 2.60. The van der Waals surface area contributed by atoms with Crippen molar-refractivity contribution in [1.82, 2.24) is 0 Å². The van der Waals surface area contributed by atoms with E-state index in [0.29, 0.717) is 10.6 Å². The Hall–Kier alpha value is -2.87. The van der Waals surface area contributed by atoms with E-state index in [1.807, 2.05) is 0 Å². The quantitative estimate of drug-likeness (QED) is 0.763. The maximum absolute atomic E-state index is 12.2. The van der Waals surface area contributed by atoms with Gasteiger partial charge in [0.15, 0.2) is 6.61 Å². The number of anilines is 1. The zero-order valence-electron chi connectivity index (χ0n) is 15.0. The molecule has 0 spiro atoms.